The van der Waals surface area contributed by atoms with Crippen LogP contribution in [0.3, 0.4) is 0 Å². The summed E-state index contributed by atoms with van der Waals surface area (Å²) in [6.07, 6.45) is 0.958. The third-order valence-corrected chi connectivity index (χ3v) is 2.77. The number of ketones is 1. The van der Waals surface area contributed by atoms with Crippen molar-refractivity contribution >= 4 is 5.78 Å². The highest BCUT2D eigenvalue weighted by atomic mass is 16.5. The molecule has 0 saturated heterocycles. The summed E-state index contributed by atoms with van der Waals surface area (Å²) in [5.41, 5.74) is 0.673. The molecule has 1 rings (SSSR count). The smallest absolute Gasteiger partial charge is 0.159 e. The van der Waals surface area contributed by atoms with E-state index in [1.54, 1.807) is 6.92 Å². The minimum atomic E-state index is -0.208. The molecule has 1 aliphatic heterocycles. The number of allylic oxidation sites excluding steroid dienone is 1. The zero-order chi connectivity index (χ0) is 10.2. The van der Waals surface area contributed by atoms with Crippen molar-refractivity contribution in [1.82, 2.24) is 0 Å². The highest BCUT2D eigenvalue weighted by molar-refractivity contribution is 5.94. The molecule has 0 fully saturated rings. The first-order chi connectivity index (χ1) is 5.90. The van der Waals surface area contributed by atoms with Crippen molar-refractivity contribution in [2.75, 3.05) is 0 Å². The molecule has 1 aliphatic rings. The number of hydrogen-bond donors (Lipinski definition) is 0. The molecule has 74 valence electrons. The molecular weight excluding hydrogens is 164 g/mol. The molecule has 1 heterocycles. The summed E-state index contributed by atoms with van der Waals surface area (Å²) in [5, 5.41) is 0. The molecule has 0 aromatic carbocycles. The monoisotopic (exact) mass is 182 g/mol. The van der Waals surface area contributed by atoms with Crippen LogP contribution in [-0.2, 0) is 9.53 Å². The molecule has 0 spiro atoms. The summed E-state index contributed by atoms with van der Waals surface area (Å²) >= 11 is 0. The van der Waals surface area contributed by atoms with E-state index in [4.69, 9.17) is 4.74 Å². The van der Waals surface area contributed by atoms with E-state index in [9.17, 15) is 4.79 Å². The van der Waals surface area contributed by atoms with E-state index in [1.165, 1.54) is 0 Å². The van der Waals surface area contributed by atoms with E-state index in [-0.39, 0.29) is 17.3 Å². The number of carbonyl (C=O) groups is 1. The van der Waals surface area contributed by atoms with Crippen molar-refractivity contribution in [3.8, 4) is 0 Å². The maximum absolute atomic E-state index is 11.4. The van der Waals surface area contributed by atoms with Crippen LogP contribution in [0.1, 0.15) is 41.0 Å². The van der Waals surface area contributed by atoms with Crippen molar-refractivity contribution in [1.29, 1.82) is 0 Å². The second-order valence-electron chi connectivity index (χ2n) is 4.19. The van der Waals surface area contributed by atoms with Gasteiger partial charge in [-0.15, -0.1) is 0 Å². The van der Waals surface area contributed by atoms with Gasteiger partial charge in [0.05, 0.1) is 0 Å². The van der Waals surface area contributed by atoms with Crippen molar-refractivity contribution in [2.45, 2.75) is 46.6 Å². The van der Waals surface area contributed by atoms with Crippen molar-refractivity contribution in [2.24, 2.45) is 5.92 Å². The average molecular weight is 182 g/mol. The van der Waals surface area contributed by atoms with Crippen LogP contribution in [-0.4, -0.2) is 11.4 Å². The topological polar surface area (TPSA) is 26.3 Å². The Morgan fingerprint density at radius 2 is 2.08 bits per heavy atom. The number of rotatable bonds is 2. The lowest BCUT2D eigenvalue weighted by molar-refractivity contribution is -0.114. The molecule has 1 atom stereocenters. The lowest BCUT2D eigenvalue weighted by Crippen LogP contribution is -2.30. The summed E-state index contributed by atoms with van der Waals surface area (Å²) in [6, 6.07) is 0. The highest BCUT2D eigenvalue weighted by Crippen LogP contribution is 2.41. The van der Waals surface area contributed by atoms with Crippen LogP contribution >= 0.6 is 0 Å². The van der Waals surface area contributed by atoms with E-state index in [1.807, 2.05) is 20.8 Å². The zero-order valence-electron chi connectivity index (χ0n) is 9.10. The van der Waals surface area contributed by atoms with Gasteiger partial charge in [0.1, 0.15) is 11.4 Å². The van der Waals surface area contributed by atoms with Crippen LogP contribution in [0.4, 0.5) is 0 Å². The van der Waals surface area contributed by atoms with E-state index >= 15 is 0 Å². The second-order valence-corrected chi connectivity index (χ2v) is 4.19. The van der Waals surface area contributed by atoms with Crippen LogP contribution in [0.5, 0.6) is 0 Å². The molecule has 0 aliphatic carbocycles. The maximum atomic E-state index is 11.4. The fraction of sp³-hybridized carbons (Fsp3) is 0.727. The van der Waals surface area contributed by atoms with Gasteiger partial charge in [0.15, 0.2) is 5.78 Å². The van der Waals surface area contributed by atoms with E-state index < -0.39 is 0 Å². The standard InChI is InChI=1S/C11H18O2/c1-6-9-10(7(2)12)8(3)13-11(9,4)5/h9H,6H2,1-5H3/t9-/m0/s1. The molecule has 0 saturated carbocycles. The van der Waals surface area contributed by atoms with Crippen LogP contribution in [0, 0.1) is 5.92 Å². The zero-order valence-corrected chi connectivity index (χ0v) is 9.10. The Hall–Kier alpha value is -0.790. The highest BCUT2D eigenvalue weighted by Gasteiger charge is 2.41. The van der Waals surface area contributed by atoms with E-state index in [2.05, 4.69) is 6.92 Å². The molecule has 2 nitrogen and oxygen atoms in total. The van der Waals surface area contributed by atoms with Gasteiger partial charge in [0.2, 0.25) is 0 Å². The maximum Gasteiger partial charge on any atom is 0.159 e. The fourth-order valence-electron chi connectivity index (χ4n) is 2.30. The van der Waals surface area contributed by atoms with Crippen LogP contribution in [0.2, 0.25) is 0 Å². The first-order valence-corrected chi connectivity index (χ1v) is 4.81. The van der Waals surface area contributed by atoms with Gasteiger partial charge >= 0.3 is 0 Å². The van der Waals surface area contributed by atoms with Gasteiger partial charge in [-0.05, 0) is 34.1 Å². The largest absolute Gasteiger partial charge is 0.491 e. The summed E-state index contributed by atoms with van der Waals surface area (Å²) in [4.78, 5) is 11.4. The van der Waals surface area contributed by atoms with Gasteiger partial charge in [0, 0.05) is 11.5 Å². The predicted octanol–water partition coefficient (Wildman–Crippen LogP) is 2.68. The van der Waals surface area contributed by atoms with Crippen LogP contribution in [0.15, 0.2) is 11.3 Å². The SMILES string of the molecule is CC[C@H]1C(C(C)=O)=C(C)OC1(C)C. The molecular formula is C11H18O2. The molecule has 2 heteroatoms. The molecule has 0 amide bonds. The number of Topliss-reactive ketones (excluding diaryl/α,β-unsaturated/α-hetero) is 1. The quantitative estimate of drug-likeness (QED) is 0.656. The molecule has 0 bridgehead atoms. The normalized spacial score (nSPS) is 26.1. The van der Waals surface area contributed by atoms with E-state index in [0.717, 1.165) is 17.8 Å². The molecule has 0 N–H and O–H groups in total. The molecule has 0 unspecified atom stereocenters. The Morgan fingerprint density at radius 1 is 1.54 bits per heavy atom. The Kier molecular flexibility index (Phi) is 2.51. The first kappa shape index (κ1) is 10.3. The summed E-state index contributed by atoms with van der Waals surface area (Å²) in [5.74, 6) is 1.21. The number of ether oxygens (including phenoxy) is 1. The number of hydrogen-bond acceptors (Lipinski definition) is 2. The Bertz CT molecular complexity index is 261. The first-order valence-electron chi connectivity index (χ1n) is 4.81. The Balaban J connectivity index is 3.05. The summed E-state index contributed by atoms with van der Waals surface area (Å²) < 4.78 is 5.68. The Labute approximate surface area is 80.0 Å². The van der Waals surface area contributed by atoms with Gasteiger partial charge in [-0.2, -0.15) is 0 Å². The summed E-state index contributed by atoms with van der Waals surface area (Å²) in [6.45, 7) is 9.68. The van der Waals surface area contributed by atoms with E-state index in [0.29, 0.717) is 0 Å². The van der Waals surface area contributed by atoms with Gasteiger partial charge in [-0.3, -0.25) is 4.79 Å². The minimum Gasteiger partial charge on any atom is -0.491 e. The van der Waals surface area contributed by atoms with Gasteiger partial charge in [-0.25, -0.2) is 0 Å². The fourth-order valence-corrected chi connectivity index (χ4v) is 2.30. The number of carbonyl (C=O) groups excluding carboxylic acids is 1. The van der Waals surface area contributed by atoms with Gasteiger partial charge in [0.25, 0.3) is 0 Å². The van der Waals surface area contributed by atoms with Crippen molar-refractivity contribution < 1.29 is 9.53 Å². The third kappa shape index (κ3) is 1.62. The summed E-state index contributed by atoms with van der Waals surface area (Å²) in [7, 11) is 0. The van der Waals surface area contributed by atoms with Crippen LogP contribution in [0.25, 0.3) is 0 Å². The third-order valence-electron chi connectivity index (χ3n) is 2.77. The van der Waals surface area contributed by atoms with Gasteiger partial charge in [-0.1, -0.05) is 6.92 Å². The lowest BCUT2D eigenvalue weighted by Gasteiger charge is -2.26. The average Bonchev–Trinajstić information content (AvgIpc) is 2.18. The minimum absolute atomic E-state index is 0.148. The van der Waals surface area contributed by atoms with Gasteiger partial charge < -0.3 is 4.74 Å². The van der Waals surface area contributed by atoms with Crippen molar-refractivity contribution in [3.63, 3.8) is 0 Å². The van der Waals surface area contributed by atoms with Crippen LogP contribution < -0.4 is 0 Å². The molecule has 13 heavy (non-hydrogen) atoms. The molecule has 0 aromatic heterocycles. The predicted molar refractivity (Wildman–Crippen MR) is 52.3 cm³/mol. The molecule has 0 aromatic rings. The molecule has 0 radical (unpaired) electrons. The lowest BCUT2D eigenvalue weighted by atomic mass is 9.83. The van der Waals surface area contributed by atoms with Crippen molar-refractivity contribution in [3.05, 3.63) is 11.3 Å². The Morgan fingerprint density at radius 3 is 2.38 bits per heavy atom. The second kappa shape index (κ2) is 3.17.